The maximum Gasteiger partial charge on any atom is 0.273 e. The maximum absolute atomic E-state index is 11.4. The smallest absolute Gasteiger partial charge is 0.273 e. The third-order valence-corrected chi connectivity index (χ3v) is 2.37. The first-order valence-electron chi connectivity index (χ1n) is 4.75. The van der Waals surface area contributed by atoms with Gasteiger partial charge in [-0.2, -0.15) is 15.4 Å². The van der Waals surface area contributed by atoms with Gasteiger partial charge in [0.15, 0.2) is 5.69 Å². The van der Waals surface area contributed by atoms with Crippen molar-refractivity contribution in [3.05, 3.63) is 11.9 Å². The molecule has 1 atom stereocenters. The van der Waals surface area contributed by atoms with Crippen LogP contribution in [0.1, 0.15) is 31.3 Å². The van der Waals surface area contributed by atoms with E-state index in [4.69, 9.17) is 0 Å². The van der Waals surface area contributed by atoms with Crippen LogP contribution in [0.15, 0.2) is 6.20 Å². The van der Waals surface area contributed by atoms with Gasteiger partial charge in [-0.05, 0) is 11.8 Å². The molecule has 5 nitrogen and oxygen atoms in total. The van der Waals surface area contributed by atoms with Crippen LogP contribution in [0.25, 0.3) is 0 Å². The van der Waals surface area contributed by atoms with E-state index in [1.165, 1.54) is 6.20 Å². The van der Waals surface area contributed by atoms with E-state index in [2.05, 4.69) is 41.5 Å². The molecule has 0 aliphatic rings. The lowest BCUT2D eigenvalue weighted by Gasteiger charge is -2.15. The predicted octanol–water partition coefficient (Wildman–Crippen LogP) is 0.827. The molecule has 0 aliphatic carbocycles. The molecule has 0 radical (unpaired) electrons. The number of hydrogen-bond donors (Lipinski definition) is 2. The summed E-state index contributed by atoms with van der Waals surface area (Å²) in [4.78, 5) is 11.4. The molecular weight excluding hydrogens is 180 g/mol. The molecule has 1 aromatic heterocycles. The third-order valence-electron chi connectivity index (χ3n) is 2.37. The van der Waals surface area contributed by atoms with Crippen molar-refractivity contribution in [3.63, 3.8) is 0 Å². The van der Waals surface area contributed by atoms with Crippen molar-refractivity contribution < 1.29 is 4.79 Å². The Labute approximate surface area is 83.3 Å². The first-order chi connectivity index (χ1) is 6.61. The zero-order valence-electron chi connectivity index (χ0n) is 8.74. The van der Waals surface area contributed by atoms with Crippen molar-refractivity contribution in [2.45, 2.75) is 20.8 Å². The molecule has 78 valence electrons. The Morgan fingerprint density at radius 2 is 2.29 bits per heavy atom. The molecule has 0 saturated carbocycles. The second kappa shape index (κ2) is 4.74. The van der Waals surface area contributed by atoms with E-state index >= 15 is 0 Å². The topological polar surface area (TPSA) is 70.7 Å². The lowest BCUT2D eigenvalue weighted by molar-refractivity contribution is 0.0940. The minimum atomic E-state index is -0.175. The van der Waals surface area contributed by atoms with Crippen molar-refractivity contribution in [1.29, 1.82) is 0 Å². The lowest BCUT2D eigenvalue weighted by Crippen LogP contribution is -2.30. The molecule has 14 heavy (non-hydrogen) atoms. The molecular formula is C9H16N4O. The van der Waals surface area contributed by atoms with Crippen molar-refractivity contribution in [1.82, 2.24) is 20.7 Å². The average Bonchev–Trinajstić information content (AvgIpc) is 2.66. The third kappa shape index (κ3) is 2.83. The normalized spacial score (nSPS) is 12.9. The number of nitrogens with one attached hydrogen (secondary N) is 2. The largest absolute Gasteiger partial charge is 0.350 e. The Morgan fingerprint density at radius 3 is 2.79 bits per heavy atom. The summed E-state index contributed by atoms with van der Waals surface area (Å²) < 4.78 is 0. The van der Waals surface area contributed by atoms with Gasteiger partial charge >= 0.3 is 0 Å². The van der Waals surface area contributed by atoms with E-state index in [0.29, 0.717) is 24.1 Å². The SMILES string of the molecule is CC(C)C(C)CNC(=O)c1cn[nH]n1. The zero-order chi connectivity index (χ0) is 10.6. The van der Waals surface area contributed by atoms with Crippen molar-refractivity contribution in [2.75, 3.05) is 6.54 Å². The fourth-order valence-corrected chi connectivity index (χ4v) is 0.891. The number of aromatic amines is 1. The van der Waals surface area contributed by atoms with E-state index < -0.39 is 0 Å². The number of nitrogens with zero attached hydrogens (tertiary/aromatic N) is 2. The van der Waals surface area contributed by atoms with Crippen molar-refractivity contribution in [2.24, 2.45) is 11.8 Å². The van der Waals surface area contributed by atoms with Crippen LogP contribution in [0.3, 0.4) is 0 Å². The summed E-state index contributed by atoms with van der Waals surface area (Å²) in [5, 5.41) is 12.5. The second-order valence-corrected chi connectivity index (χ2v) is 3.79. The highest BCUT2D eigenvalue weighted by Crippen LogP contribution is 2.07. The van der Waals surface area contributed by atoms with Gasteiger partial charge in [0.05, 0.1) is 6.20 Å². The van der Waals surface area contributed by atoms with Gasteiger partial charge < -0.3 is 5.32 Å². The van der Waals surface area contributed by atoms with Crippen LogP contribution < -0.4 is 5.32 Å². The Morgan fingerprint density at radius 1 is 1.57 bits per heavy atom. The molecule has 5 heteroatoms. The number of carbonyl (C=O) groups is 1. The molecule has 0 saturated heterocycles. The second-order valence-electron chi connectivity index (χ2n) is 3.79. The number of amides is 1. The standard InChI is InChI=1S/C9H16N4O/c1-6(2)7(3)4-10-9(14)8-5-11-13-12-8/h5-7H,4H2,1-3H3,(H,10,14)(H,11,12,13). The molecule has 1 heterocycles. The Kier molecular flexibility index (Phi) is 3.62. The van der Waals surface area contributed by atoms with E-state index in [0.717, 1.165) is 0 Å². The zero-order valence-corrected chi connectivity index (χ0v) is 8.74. The molecule has 0 fully saturated rings. The molecule has 0 spiro atoms. The van der Waals surface area contributed by atoms with Crippen LogP contribution in [0, 0.1) is 11.8 Å². The van der Waals surface area contributed by atoms with Crippen LogP contribution in [-0.4, -0.2) is 27.9 Å². The molecule has 0 aliphatic heterocycles. The minimum Gasteiger partial charge on any atom is -0.350 e. The Hall–Kier alpha value is -1.39. The summed E-state index contributed by atoms with van der Waals surface area (Å²) >= 11 is 0. The minimum absolute atomic E-state index is 0.175. The highest BCUT2D eigenvalue weighted by atomic mass is 16.1. The van der Waals surface area contributed by atoms with Gasteiger partial charge in [-0.15, -0.1) is 0 Å². The van der Waals surface area contributed by atoms with Crippen LogP contribution in [0.4, 0.5) is 0 Å². The number of hydrogen-bond acceptors (Lipinski definition) is 3. The fourth-order valence-electron chi connectivity index (χ4n) is 0.891. The summed E-state index contributed by atoms with van der Waals surface area (Å²) in [6.07, 6.45) is 1.41. The average molecular weight is 196 g/mol. The predicted molar refractivity (Wildman–Crippen MR) is 52.7 cm³/mol. The van der Waals surface area contributed by atoms with Crippen molar-refractivity contribution in [3.8, 4) is 0 Å². The van der Waals surface area contributed by atoms with Gasteiger partial charge in [-0.25, -0.2) is 0 Å². The summed E-state index contributed by atoms with van der Waals surface area (Å²) in [7, 11) is 0. The van der Waals surface area contributed by atoms with Gasteiger partial charge in [0, 0.05) is 6.54 Å². The highest BCUT2D eigenvalue weighted by molar-refractivity contribution is 5.91. The maximum atomic E-state index is 11.4. The van der Waals surface area contributed by atoms with Gasteiger partial charge in [0.1, 0.15) is 0 Å². The molecule has 1 aromatic rings. The Balaban J connectivity index is 2.36. The quantitative estimate of drug-likeness (QED) is 0.749. The highest BCUT2D eigenvalue weighted by Gasteiger charge is 2.11. The molecule has 1 rings (SSSR count). The first-order valence-corrected chi connectivity index (χ1v) is 4.75. The molecule has 0 bridgehead atoms. The van der Waals surface area contributed by atoms with Gasteiger partial charge in [0.25, 0.3) is 5.91 Å². The molecule has 1 amide bonds. The van der Waals surface area contributed by atoms with Gasteiger partial charge in [-0.3, -0.25) is 4.79 Å². The van der Waals surface area contributed by atoms with Crippen LogP contribution in [0.5, 0.6) is 0 Å². The first kappa shape index (κ1) is 10.7. The van der Waals surface area contributed by atoms with Crippen LogP contribution in [-0.2, 0) is 0 Å². The van der Waals surface area contributed by atoms with Crippen LogP contribution in [0.2, 0.25) is 0 Å². The number of aromatic nitrogens is 3. The lowest BCUT2D eigenvalue weighted by atomic mass is 9.98. The molecule has 1 unspecified atom stereocenters. The summed E-state index contributed by atoms with van der Waals surface area (Å²) in [5.74, 6) is 0.852. The fraction of sp³-hybridized carbons (Fsp3) is 0.667. The molecule has 2 N–H and O–H groups in total. The van der Waals surface area contributed by atoms with E-state index in [1.54, 1.807) is 0 Å². The monoisotopic (exact) mass is 196 g/mol. The molecule has 0 aromatic carbocycles. The van der Waals surface area contributed by atoms with Crippen molar-refractivity contribution >= 4 is 5.91 Å². The summed E-state index contributed by atoms with van der Waals surface area (Å²) in [6, 6.07) is 0. The summed E-state index contributed by atoms with van der Waals surface area (Å²) in [6.45, 7) is 7.04. The van der Waals surface area contributed by atoms with E-state index in [9.17, 15) is 4.79 Å². The van der Waals surface area contributed by atoms with Crippen LogP contribution >= 0.6 is 0 Å². The van der Waals surface area contributed by atoms with Gasteiger partial charge in [-0.1, -0.05) is 20.8 Å². The summed E-state index contributed by atoms with van der Waals surface area (Å²) in [5.41, 5.74) is 0.334. The number of H-pyrrole nitrogens is 1. The Bertz CT molecular complexity index is 281. The number of rotatable bonds is 4. The van der Waals surface area contributed by atoms with Gasteiger partial charge in [0.2, 0.25) is 0 Å². The van der Waals surface area contributed by atoms with E-state index in [-0.39, 0.29) is 5.91 Å². The number of carbonyl (C=O) groups excluding carboxylic acids is 1. The van der Waals surface area contributed by atoms with E-state index in [1.807, 2.05) is 0 Å².